The summed E-state index contributed by atoms with van der Waals surface area (Å²) in [4.78, 5) is 3.41. The second kappa shape index (κ2) is 3.36. The highest BCUT2D eigenvalue weighted by atomic mass is 19.4. The van der Waals surface area contributed by atoms with E-state index in [1.807, 2.05) is 6.33 Å². The highest BCUT2D eigenvalue weighted by Gasteiger charge is 2.35. The number of aromatic nitrogens is 2. The Bertz CT molecular complexity index is 532. The predicted octanol–water partition coefficient (Wildman–Crippen LogP) is 2.60. The molecule has 0 atom stereocenters. The van der Waals surface area contributed by atoms with Crippen molar-refractivity contribution in [3.05, 3.63) is 24.0 Å². The Labute approximate surface area is 87.2 Å². The summed E-state index contributed by atoms with van der Waals surface area (Å²) < 4.78 is 55.2. The zero-order valence-corrected chi connectivity index (χ0v) is 7.97. The van der Waals surface area contributed by atoms with E-state index in [1.165, 1.54) is 0 Å². The van der Waals surface area contributed by atoms with Gasteiger partial charge in [-0.3, -0.25) is 0 Å². The Morgan fingerprint density at radius 2 is 2.06 bits per heavy atom. The van der Waals surface area contributed by atoms with Crippen LogP contribution in [-0.4, -0.2) is 16.9 Å². The van der Waals surface area contributed by atoms with Crippen molar-refractivity contribution in [2.45, 2.75) is 6.18 Å². The quantitative estimate of drug-likeness (QED) is 0.708. The maximum Gasteiger partial charge on any atom is 0.420 e. The van der Waals surface area contributed by atoms with Crippen molar-refractivity contribution < 1.29 is 22.4 Å². The fraction of sp³-hybridized carbons (Fsp3) is 0.222. The first-order valence-corrected chi connectivity index (χ1v) is 4.15. The topological polar surface area (TPSA) is 27.1 Å². The van der Waals surface area contributed by atoms with Crippen LogP contribution in [0.3, 0.4) is 0 Å². The third-order valence-electron chi connectivity index (χ3n) is 2.08. The molecule has 0 unspecified atom stereocenters. The van der Waals surface area contributed by atoms with Crippen molar-refractivity contribution >= 4 is 11.0 Å². The van der Waals surface area contributed by atoms with Gasteiger partial charge in [0.2, 0.25) is 6.33 Å². The van der Waals surface area contributed by atoms with E-state index in [4.69, 9.17) is 0 Å². The number of ether oxygens (including phenoxy) is 1. The summed E-state index contributed by atoms with van der Waals surface area (Å²) in [6, 6.07) is 1.72. The molecule has 16 heavy (non-hydrogen) atoms. The van der Waals surface area contributed by atoms with Gasteiger partial charge in [-0.15, -0.1) is 0 Å². The van der Waals surface area contributed by atoms with Crippen molar-refractivity contribution in [2.24, 2.45) is 0 Å². The zero-order valence-electron chi connectivity index (χ0n) is 7.97. The number of imidazole rings is 1. The van der Waals surface area contributed by atoms with Crippen molar-refractivity contribution in [1.82, 2.24) is 9.77 Å². The second-order valence-corrected chi connectivity index (χ2v) is 3.00. The van der Waals surface area contributed by atoms with Crippen molar-refractivity contribution in [3.63, 3.8) is 0 Å². The van der Waals surface area contributed by atoms with Crippen LogP contribution in [0.15, 0.2) is 12.1 Å². The van der Waals surface area contributed by atoms with E-state index >= 15 is 0 Å². The first-order chi connectivity index (χ1) is 7.45. The molecule has 0 N–H and O–H groups in total. The lowest BCUT2D eigenvalue weighted by Gasteiger charge is -2.11. The van der Waals surface area contributed by atoms with Crippen LogP contribution < -0.4 is 4.74 Å². The number of hydrogen-bond acceptors (Lipinski definition) is 2. The Morgan fingerprint density at radius 1 is 1.38 bits per heavy atom. The van der Waals surface area contributed by atoms with E-state index in [9.17, 15) is 17.7 Å². The highest BCUT2D eigenvalue weighted by Crippen LogP contribution is 2.39. The molecule has 1 radical (unpaired) electrons. The standard InChI is InChI=1S/C9H5F4N2O/c1-16-8-5(9(10,11)12)2-3-6-7(8)14-4-15(6)13/h2-3H,1H3. The molecule has 0 spiro atoms. The maximum absolute atomic E-state index is 13.0. The molecule has 3 nitrogen and oxygen atoms in total. The minimum atomic E-state index is -4.57. The molecule has 7 heteroatoms. The molecule has 0 fully saturated rings. The van der Waals surface area contributed by atoms with E-state index in [1.54, 1.807) is 0 Å². The van der Waals surface area contributed by atoms with E-state index in [0.717, 1.165) is 19.2 Å². The van der Waals surface area contributed by atoms with Crippen LogP contribution in [-0.2, 0) is 6.18 Å². The SMILES string of the molecule is COc1c(C(F)(F)F)ccc2c1n[c]n2F. The average molecular weight is 233 g/mol. The third kappa shape index (κ3) is 1.48. The van der Waals surface area contributed by atoms with Gasteiger partial charge in [0.1, 0.15) is 11.0 Å². The number of rotatable bonds is 1. The Balaban J connectivity index is 2.78. The molecule has 0 saturated carbocycles. The van der Waals surface area contributed by atoms with Crippen LogP contribution in [0.2, 0.25) is 0 Å². The molecular formula is C9H5F4N2O. The number of benzene rings is 1. The molecule has 2 rings (SSSR count). The second-order valence-electron chi connectivity index (χ2n) is 3.00. The Hall–Kier alpha value is -1.79. The number of hydrogen-bond donors (Lipinski definition) is 0. The molecular weight excluding hydrogens is 228 g/mol. The van der Waals surface area contributed by atoms with Crippen LogP contribution in [0.1, 0.15) is 5.56 Å². The summed E-state index contributed by atoms with van der Waals surface area (Å²) in [5.74, 6) is -0.502. The molecule has 0 amide bonds. The summed E-state index contributed by atoms with van der Waals surface area (Å²) in [6.45, 7) is 0. The molecule has 1 heterocycles. The van der Waals surface area contributed by atoms with Gasteiger partial charge in [-0.1, -0.05) is 4.48 Å². The lowest BCUT2D eigenvalue weighted by Crippen LogP contribution is -2.07. The lowest BCUT2D eigenvalue weighted by atomic mass is 10.1. The van der Waals surface area contributed by atoms with Crippen LogP contribution in [0.4, 0.5) is 17.7 Å². The molecule has 0 aliphatic carbocycles. The fourth-order valence-electron chi connectivity index (χ4n) is 1.40. The summed E-state index contributed by atoms with van der Waals surface area (Å²) >= 11 is 0. The molecule has 0 bridgehead atoms. The average Bonchev–Trinajstić information content (AvgIpc) is 2.58. The van der Waals surface area contributed by atoms with E-state index in [-0.39, 0.29) is 15.8 Å². The molecule has 85 valence electrons. The van der Waals surface area contributed by atoms with E-state index in [2.05, 4.69) is 9.72 Å². The largest absolute Gasteiger partial charge is 0.494 e. The molecule has 0 aliphatic rings. The first kappa shape index (κ1) is 10.7. The van der Waals surface area contributed by atoms with Gasteiger partial charge in [-0.25, -0.2) is 4.98 Å². The number of fused-ring (bicyclic) bond motifs is 1. The highest BCUT2D eigenvalue weighted by molar-refractivity contribution is 5.83. The maximum atomic E-state index is 13.0. The Kier molecular flexibility index (Phi) is 2.25. The lowest BCUT2D eigenvalue weighted by molar-refractivity contribution is -0.138. The summed E-state index contributed by atoms with van der Waals surface area (Å²) in [5, 5.41) is 0. The van der Waals surface area contributed by atoms with Gasteiger partial charge in [0, 0.05) is 0 Å². The molecule has 0 saturated heterocycles. The van der Waals surface area contributed by atoms with E-state index < -0.39 is 17.5 Å². The first-order valence-electron chi connectivity index (χ1n) is 4.15. The van der Waals surface area contributed by atoms with Crippen LogP contribution >= 0.6 is 0 Å². The van der Waals surface area contributed by atoms with Gasteiger partial charge in [-0.05, 0) is 12.1 Å². The molecule has 1 aromatic carbocycles. The van der Waals surface area contributed by atoms with Gasteiger partial charge < -0.3 is 4.74 Å². The van der Waals surface area contributed by atoms with Gasteiger partial charge in [0.15, 0.2) is 5.75 Å². The Morgan fingerprint density at radius 3 is 2.62 bits per heavy atom. The van der Waals surface area contributed by atoms with Crippen LogP contribution in [0, 0.1) is 6.33 Å². The number of halogens is 4. The minimum Gasteiger partial charge on any atom is -0.494 e. The molecule has 2 aromatic rings. The van der Waals surface area contributed by atoms with Crippen LogP contribution in [0.25, 0.3) is 11.0 Å². The monoisotopic (exact) mass is 233 g/mol. The van der Waals surface area contributed by atoms with Crippen LogP contribution in [0.5, 0.6) is 5.75 Å². The van der Waals surface area contributed by atoms with Gasteiger partial charge in [0.25, 0.3) is 0 Å². The number of alkyl halides is 3. The summed E-state index contributed by atoms with van der Waals surface area (Å²) in [5.41, 5.74) is -1.32. The third-order valence-corrected chi connectivity index (χ3v) is 2.08. The summed E-state index contributed by atoms with van der Waals surface area (Å²) in [7, 11) is 1.07. The van der Waals surface area contributed by atoms with Gasteiger partial charge in [0.05, 0.1) is 12.7 Å². The normalized spacial score (nSPS) is 12.1. The van der Waals surface area contributed by atoms with Gasteiger partial charge in [-0.2, -0.15) is 18.0 Å². The zero-order chi connectivity index (χ0) is 11.9. The predicted molar refractivity (Wildman–Crippen MR) is 46.6 cm³/mol. The van der Waals surface area contributed by atoms with Crippen molar-refractivity contribution in [2.75, 3.05) is 7.11 Å². The number of nitrogens with zero attached hydrogens (tertiary/aromatic N) is 2. The van der Waals surface area contributed by atoms with Crippen molar-refractivity contribution in [3.8, 4) is 5.75 Å². The molecule has 0 aliphatic heterocycles. The molecule has 1 aromatic heterocycles. The van der Waals surface area contributed by atoms with E-state index in [0.29, 0.717) is 0 Å². The van der Waals surface area contributed by atoms with Crippen molar-refractivity contribution in [1.29, 1.82) is 0 Å². The minimum absolute atomic E-state index is 0.0119. The fourth-order valence-corrected chi connectivity index (χ4v) is 1.40. The smallest absolute Gasteiger partial charge is 0.420 e. The van der Waals surface area contributed by atoms with Gasteiger partial charge >= 0.3 is 6.18 Å². The summed E-state index contributed by atoms with van der Waals surface area (Å²) in [6.07, 6.45) is -2.69. The number of methoxy groups -OCH3 is 1.